The van der Waals surface area contributed by atoms with E-state index >= 15 is 0 Å². The summed E-state index contributed by atoms with van der Waals surface area (Å²) in [6, 6.07) is 1.56. The number of amides is 1. The first kappa shape index (κ1) is 16.2. The van der Waals surface area contributed by atoms with Crippen LogP contribution in [0.1, 0.15) is 13.8 Å². The molecule has 1 saturated heterocycles. The zero-order valence-electron chi connectivity index (χ0n) is 13.2. The number of terminal acetylenes is 1. The third kappa shape index (κ3) is 3.20. The zero-order valence-corrected chi connectivity index (χ0v) is 13.2. The molecule has 1 amide bonds. The summed E-state index contributed by atoms with van der Waals surface area (Å²) in [4.78, 5) is 20.8. The molecule has 2 heterocycles. The number of rotatable bonds is 4. The highest BCUT2D eigenvalue weighted by Crippen LogP contribution is 2.29. The molecule has 0 N–H and O–H groups in total. The van der Waals surface area contributed by atoms with Gasteiger partial charge in [-0.3, -0.25) is 9.69 Å². The number of nitrogens with zero attached hydrogens (tertiary/aromatic N) is 4. The first-order chi connectivity index (χ1) is 10.5. The van der Waals surface area contributed by atoms with E-state index in [1.807, 2.05) is 4.90 Å². The lowest BCUT2D eigenvalue weighted by Gasteiger charge is -2.42. The third-order valence-electron chi connectivity index (χ3n) is 3.96. The van der Waals surface area contributed by atoms with E-state index in [1.54, 1.807) is 7.05 Å². The Balaban J connectivity index is 2.35. The molecular weight excluding hydrogens is 283 g/mol. The molecule has 1 aliphatic heterocycles. The van der Waals surface area contributed by atoms with Gasteiger partial charge in [0.1, 0.15) is 11.9 Å². The second kappa shape index (κ2) is 6.75. The molecule has 0 radical (unpaired) electrons. The van der Waals surface area contributed by atoms with E-state index in [0.717, 1.165) is 19.3 Å². The van der Waals surface area contributed by atoms with Gasteiger partial charge in [-0.1, -0.05) is 5.92 Å². The maximum Gasteiger partial charge on any atom is 0.213 e. The van der Waals surface area contributed by atoms with Crippen LogP contribution < -0.4 is 9.80 Å². The highest BCUT2D eigenvalue weighted by Gasteiger charge is 2.30. The Labute approximate surface area is 130 Å². The highest BCUT2D eigenvalue weighted by molar-refractivity contribution is 5.81. The molecule has 0 saturated carbocycles. The van der Waals surface area contributed by atoms with Crippen LogP contribution in [0, 0.1) is 18.2 Å². The molecule has 22 heavy (non-hydrogen) atoms. The van der Waals surface area contributed by atoms with Crippen LogP contribution in [0.15, 0.2) is 12.3 Å². The van der Waals surface area contributed by atoms with Crippen molar-refractivity contribution in [3.8, 4) is 12.3 Å². The van der Waals surface area contributed by atoms with Gasteiger partial charge in [0.2, 0.25) is 6.41 Å². The molecule has 1 fully saturated rings. The minimum Gasteiger partial charge on any atom is -0.338 e. The van der Waals surface area contributed by atoms with E-state index < -0.39 is 5.82 Å². The maximum atomic E-state index is 13.5. The summed E-state index contributed by atoms with van der Waals surface area (Å²) in [5, 5.41) is 0. The fourth-order valence-electron chi connectivity index (χ4n) is 2.63. The van der Waals surface area contributed by atoms with E-state index in [-0.39, 0.29) is 6.04 Å². The van der Waals surface area contributed by atoms with Crippen molar-refractivity contribution >= 4 is 17.9 Å². The van der Waals surface area contributed by atoms with Crippen LogP contribution in [-0.2, 0) is 4.79 Å². The molecule has 0 aliphatic carbocycles. The molecule has 118 valence electrons. The summed E-state index contributed by atoms with van der Waals surface area (Å²) in [6.07, 6.45) is 7.47. The fraction of sp³-hybridized carbons (Fsp3) is 0.500. The summed E-state index contributed by atoms with van der Waals surface area (Å²) in [5.41, 5.74) is 0.424. The number of aromatic nitrogens is 1. The van der Waals surface area contributed by atoms with Crippen LogP contribution >= 0.6 is 0 Å². The minimum absolute atomic E-state index is 0.159. The Morgan fingerprint density at radius 2 is 2.27 bits per heavy atom. The van der Waals surface area contributed by atoms with Crippen molar-refractivity contribution in [2.45, 2.75) is 25.9 Å². The van der Waals surface area contributed by atoms with Crippen molar-refractivity contribution in [3.05, 3.63) is 18.1 Å². The highest BCUT2D eigenvalue weighted by atomic mass is 19.1. The van der Waals surface area contributed by atoms with Crippen LogP contribution in [-0.4, -0.2) is 55.1 Å². The molecule has 0 bridgehead atoms. The zero-order chi connectivity index (χ0) is 16.3. The molecule has 6 heteroatoms. The molecule has 1 aromatic rings. The Morgan fingerprint density at radius 3 is 2.86 bits per heavy atom. The van der Waals surface area contributed by atoms with Crippen molar-refractivity contribution in [2.75, 3.05) is 36.5 Å². The Morgan fingerprint density at radius 1 is 1.55 bits per heavy atom. The predicted octanol–water partition coefficient (Wildman–Crippen LogP) is 1.35. The lowest BCUT2D eigenvalue weighted by Crippen LogP contribution is -2.55. The second-order valence-electron chi connectivity index (χ2n) is 5.68. The van der Waals surface area contributed by atoms with Gasteiger partial charge in [0, 0.05) is 38.8 Å². The second-order valence-corrected chi connectivity index (χ2v) is 5.68. The van der Waals surface area contributed by atoms with Crippen molar-refractivity contribution in [2.24, 2.45) is 0 Å². The minimum atomic E-state index is -0.481. The summed E-state index contributed by atoms with van der Waals surface area (Å²) in [6.45, 7) is 6.51. The van der Waals surface area contributed by atoms with Crippen LogP contribution in [0.25, 0.3) is 0 Å². The molecule has 2 rings (SSSR count). The molecule has 1 aliphatic rings. The van der Waals surface area contributed by atoms with Crippen LogP contribution in [0.4, 0.5) is 15.9 Å². The number of pyridine rings is 1. The van der Waals surface area contributed by atoms with E-state index in [9.17, 15) is 9.18 Å². The van der Waals surface area contributed by atoms with E-state index in [4.69, 9.17) is 6.42 Å². The SMILES string of the molecule is C#C[C@@H]1CN(C(C)C)CCN1c1ncc(F)cc1N(C)C=O. The van der Waals surface area contributed by atoms with Gasteiger partial charge in [0.25, 0.3) is 0 Å². The fourth-order valence-corrected chi connectivity index (χ4v) is 2.63. The average Bonchev–Trinajstić information content (AvgIpc) is 2.53. The standard InChI is InChI=1S/C16H21FN4O/c1-5-14-10-20(12(2)3)6-7-21(14)16-15(19(4)11-22)8-13(17)9-18-16/h1,8-9,11-12,14H,6-7,10H2,2-4H3/t14-/m1/s1. The Kier molecular flexibility index (Phi) is 4.99. The molecule has 5 nitrogen and oxygen atoms in total. The number of halogens is 1. The lowest BCUT2D eigenvalue weighted by atomic mass is 10.1. The average molecular weight is 304 g/mol. The maximum absolute atomic E-state index is 13.5. The molecule has 1 aromatic heterocycles. The summed E-state index contributed by atoms with van der Waals surface area (Å²) in [5.74, 6) is 2.84. The van der Waals surface area contributed by atoms with Crippen LogP contribution in [0.5, 0.6) is 0 Å². The largest absolute Gasteiger partial charge is 0.338 e. The van der Waals surface area contributed by atoms with E-state index in [2.05, 4.69) is 29.7 Å². The van der Waals surface area contributed by atoms with Gasteiger partial charge in [-0.2, -0.15) is 0 Å². The van der Waals surface area contributed by atoms with Gasteiger partial charge in [-0.15, -0.1) is 6.42 Å². The lowest BCUT2D eigenvalue weighted by molar-refractivity contribution is -0.107. The predicted molar refractivity (Wildman–Crippen MR) is 85.3 cm³/mol. The van der Waals surface area contributed by atoms with E-state index in [0.29, 0.717) is 30.5 Å². The number of anilines is 2. The topological polar surface area (TPSA) is 39.7 Å². The normalized spacial score (nSPS) is 19.1. The van der Waals surface area contributed by atoms with Gasteiger partial charge in [-0.05, 0) is 13.8 Å². The summed E-state index contributed by atoms with van der Waals surface area (Å²) >= 11 is 0. The van der Waals surface area contributed by atoms with Gasteiger partial charge in [0.15, 0.2) is 5.82 Å². The third-order valence-corrected chi connectivity index (χ3v) is 3.96. The first-order valence-electron chi connectivity index (χ1n) is 7.28. The van der Waals surface area contributed by atoms with Crippen LogP contribution in [0.3, 0.4) is 0 Å². The van der Waals surface area contributed by atoms with E-state index in [1.165, 1.54) is 11.0 Å². The van der Waals surface area contributed by atoms with Crippen molar-refractivity contribution in [3.63, 3.8) is 0 Å². The summed E-state index contributed by atoms with van der Waals surface area (Å²) < 4.78 is 13.5. The number of hydrogen-bond donors (Lipinski definition) is 0. The molecule has 0 unspecified atom stereocenters. The Bertz CT molecular complexity index is 584. The smallest absolute Gasteiger partial charge is 0.213 e. The molecule has 0 aromatic carbocycles. The van der Waals surface area contributed by atoms with Crippen molar-refractivity contribution in [1.82, 2.24) is 9.88 Å². The Hall–Kier alpha value is -2.13. The molecule has 0 spiro atoms. The summed E-state index contributed by atoms with van der Waals surface area (Å²) in [7, 11) is 1.57. The van der Waals surface area contributed by atoms with Gasteiger partial charge in [-0.25, -0.2) is 9.37 Å². The number of carbonyl (C=O) groups excluding carboxylic acids is 1. The number of hydrogen-bond acceptors (Lipinski definition) is 4. The van der Waals surface area contributed by atoms with Gasteiger partial charge in [0.05, 0.1) is 11.9 Å². The monoisotopic (exact) mass is 304 g/mol. The number of carbonyl (C=O) groups is 1. The molecular formula is C16H21FN4O. The van der Waals surface area contributed by atoms with Crippen LogP contribution in [0.2, 0.25) is 0 Å². The van der Waals surface area contributed by atoms with Gasteiger partial charge < -0.3 is 9.80 Å². The van der Waals surface area contributed by atoms with Crippen molar-refractivity contribution < 1.29 is 9.18 Å². The molecule has 1 atom stereocenters. The quantitative estimate of drug-likeness (QED) is 0.622. The first-order valence-corrected chi connectivity index (χ1v) is 7.28. The van der Waals surface area contributed by atoms with Gasteiger partial charge >= 0.3 is 0 Å². The van der Waals surface area contributed by atoms with Crippen molar-refractivity contribution in [1.29, 1.82) is 0 Å². The number of piperazine rings is 1.